The molecule has 3 amide bonds. The summed E-state index contributed by atoms with van der Waals surface area (Å²) in [5, 5.41) is 14.0. The lowest BCUT2D eigenvalue weighted by molar-refractivity contribution is -0.119. The van der Waals surface area contributed by atoms with Crippen LogP contribution in [0.5, 0.6) is 0 Å². The summed E-state index contributed by atoms with van der Waals surface area (Å²) < 4.78 is 3.29. The summed E-state index contributed by atoms with van der Waals surface area (Å²) in [5.41, 5.74) is 2.20. The molecular formula is C23H22N6O3S. The first-order valence-corrected chi connectivity index (χ1v) is 11.5. The number of nitrogens with zero attached hydrogens (tertiary/aromatic N) is 4. The maximum absolute atomic E-state index is 13.3. The van der Waals surface area contributed by atoms with Gasteiger partial charge >= 0.3 is 6.03 Å². The highest BCUT2D eigenvalue weighted by Gasteiger charge is 2.26. The van der Waals surface area contributed by atoms with Crippen LogP contribution in [0.25, 0.3) is 22.4 Å². The van der Waals surface area contributed by atoms with Gasteiger partial charge in [0, 0.05) is 6.04 Å². The van der Waals surface area contributed by atoms with Crippen LogP contribution in [0, 0.1) is 6.92 Å². The predicted octanol–water partition coefficient (Wildman–Crippen LogP) is 2.81. The van der Waals surface area contributed by atoms with Crippen molar-refractivity contribution >= 4 is 40.4 Å². The number of rotatable bonds is 5. The molecule has 1 atom stereocenters. The molecule has 1 aliphatic carbocycles. The fourth-order valence-corrected chi connectivity index (χ4v) is 4.41. The first-order valence-electron chi connectivity index (χ1n) is 10.7. The Morgan fingerprint density at radius 1 is 1.09 bits per heavy atom. The lowest BCUT2D eigenvalue weighted by Gasteiger charge is -2.13. The van der Waals surface area contributed by atoms with Gasteiger partial charge < -0.3 is 5.32 Å². The van der Waals surface area contributed by atoms with Gasteiger partial charge in [-0.15, -0.1) is 10.2 Å². The second kappa shape index (κ2) is 8.36. The number of hydrogen-bond acceptors (Lipinski definition) is 6. The molecule has 2 aromatic heterocycles. The number of imide groups is 1. The average Bonchev–Trinajstić information content (AvgIpc) is 3.52. The van der Waals surface area contributed by atoms with Crippen LogP contribution in [0.1, 0.15) is 25.3 Å². The number of benzene rings is 2. The van der Waals surface area contributed by atoms with E-state index in [4.69, 9.17) is 0 Å². The van der Waals surface area contributed by atoms with Crippen molar-refractivity contribution in [3.63, 3.8) is 0 Å². The quantitative estimate of drug-likeness (QED) is 0.441. The third-order valence-corrected chi connectivity index (χ3v) is 6.53. The maximum atomic E-state index is 13.3. The Morgan fingerprint density at radius 2 is 1.82 bits per heavy atom. The number of aromatic nitrogens is 4. The van der Waals surface area contributed by atoms with E-state index in [2.05, 4.69) is 20.8 Å². The van der Waals surface area contributed by atoms with Crippen LogP contribution in [0.3, 0.4) is 0 Å². The van der Waals surface area contributed by atoms with Crippen LogP contribution < -0.4 is 16.2 Å². The molecule has 10 heteroatoms. The Bertz CT molecular complexity index is 1440. The van der Waals surface area contributed by atoms with E-state index >= 15 is 0 Å². The number of thioether (sulfide) groups is 1. The van der Waals surface area contributed by atoms with E-state index < -0.39 is 17.2 Å². The van der Waals surface area contributed by atoms with Gasteiger partial charge in [-0.2, -0.15) is 0 Å². The van der Waals surface area contributed by atoms with Crippen LogP contribution in [0.4, 0.5) is 4.79 Å². The monoisotopic (exact) mass is 462 g/mol. The van der Waals surface area contributed by atoms with Crippen LogP contribution in [0.2, 0.25) is 0 Å². The zero-order valence-corrected chi connectivity index (χ0v) is 18.9. The van der Waals surface area contributed by atoms with Crippen molar-refractivity contribution < 1.29 is 9.59 Å². The number of para-hydroxylation sites is 1. The molecule has 2 aromatic carbocycles. The molecule has 1 saturated carbocycles. The fraction of sp³-hybridized carbons (Fsp3) is 0.261. The molecule has 2 heterocycles. The smallest absolute Gasteiger partial charge is 0.321 e. The van der Waals surface area contributed by atoms with Gasteiger partial charge in [0.25, 0.3) is 5.56 Å². The van der Waals surface area contributed by atoms with Gasteiger partial charge in [-0.25, -0.2) is 9.36 Å². The zero-order chi connectivity index (χ0) is 23.1. The molecule has 4 aromatic rings. The minimum Gasteiger partial charge on any atom is -0.335 e. The number of amides is 3. The molecule has 5 rings (SSSR count). The van der Waals surface area contributed by atoms with Crippen LogP contribution >= 0.6 is 11.8 Å². The minimum absolute atomic E-state index is 0.158. The molecule has 33 heavy (non-hydrogen) atoms. The van der Waals surface area contributed by atoms with Crippen LogP contribution in [-0.4, -0.2) is 42.4 Å². The highest BCUT2D eigenvalue weighted by Crippen LogP contribution is 2.26. The number of hydrogen-bond donors (Lipinski definition) is 2. The Hall–Kier alpha value is -3.66. The van der Waals surface area contributed by atoms with Gasteiger partial charge in [-0.05, 0) is 51.0 Å². The van der Waals surface area contributed by atoms with Gasteiger partial charge in [0.05, 0.1) is 21.8 Å². The standard InChI is InChI=1S/C23H22N6O3S/c1-13-7-11-16(12-8-13)28-20(31)17-5-3-4-6-18(17)29-22(28)26-27-23(29)33-14(2)19(30)25-21(32)24-15-9-10-15/h3-8,11-12,14-15H,9-10H2,1-2H3,(H2,24,25,30,32). The van der Waals surface area contributed by atoms with Gasteiger partial charge in [-0.1, -0.05) is 41.6 Å². The molecule has 168 valence electrons. The van der Waals surface area contributed by atoms with E-state index in [9.17, 15) is 14.4 Å². The first kappa shape index (κ1) is 21.2. The first-order chi connectivity index (χ1) is 15.9. The van der Waals surface area contributed by atoms with Gasteiger partial charge in [0.2, 0.25) is 11.7 Å². The molecule has 1 aliphatic rings. The Morgan fingerprint density at radius 3 is 2.55 bits per heavy atom. The van der Waals surface area contributed by atoms with E-state index in [0.29, 0.717) is 27.5 Å². The molecule has 0 aliphatic heterocycles. The van der Waals surface area contributed by atoms with Gasteiger partial charge in [0.1, 0.15) is 0 Å². The van der Waals surface area contributed by atoms with Crippen molar-refractivity contribution in [1.29, 1.82) is 0 Å². The topological polar surface area (TPSA) is 110 Å². The Balaban J connectivity index is 1.55. The van der Waals surface area contributed by atoms with Crippen molar-refractivity contribution in [2.24, 2.45) is 0 Å². The lowest BCUT2D eigenvalue weighted by atomic mass is 10.2. The van der Waals surface area contributed by atoms with Crippen molar-refractivity contribution in [2.75, 3.05) is 0 Å². The van der Waals surface area contributed by atoms with Gasteiger partial charge in [0.15, 0.2) is 5.16 Å². The van der Waals surface area contributed by atoms with E-state index in [1.165, 1.54) is 16.3 Å². The number of nitrogens with one attached hydrogen (secondary N) is 2. The van der Waals surface area contributed by atoms with E-state index in [1.807, 2.05) is 43.3 Å². The molecular weight excluding hydrogens is 440 g/mol. The van der Waals surface area contributed by atoms with E-state index in [1.54, 1.807) is 23.5 Å². The lowest BCUT2D eigenvalue weighted by Crippen LogP contribution is -2.43. The summed E-state index contributed by atoms with van der Waals surface area (Å²) in [7, 11) is 0. The SMILES string of the molecule is Cc1ccc(-n2c(=O)c3ccccc3n3c(SC(C)C(=O)NC(=O)NC4CC4)nnc23)cc1. The summed E-state index contributed by atoms with van der Waals surface area (Å²) in [6, 6.07) is 14.5. The summed E-state index contributed by atoms with van der Waals surface area (Å²) in [6.07, 6.45) is 1.88. The number of carbonyl (C=O) groups is 2. The summed E-state index contributed by atoms with van der Waals surface area (Å²) in [6.45, 7) is 3.68. The summed E-state index contributed by atoms with van der Waals surface area (Å²) >= 11 is 1.17. The van der Waals surface area contributed by atoms with Crippen molar-refractivity contribution in [1.82, 2.24) is 29.8 Å². The Kier molecular flexibility index (Phi) is 5.37. The normalized spacial score (nSPS) is 14.4. The molecule has 0 saturated heterocycles. The minimum atomic E-state index is -0.610. The number of carbonyl (C=O) groups excluding carboxylic acids is 2. The summed E-state index contributed by atoms with van der Waals surface area (Å²) in [4.78, 5) is 37.8. The highest BCUT2D eigenvalue weighted by molar-refractivity contribution is 8.00. The van der Waals surface area contributed by atoms with Gasteiger partial charge in [-0.3, -0.25) is 19.3 Å². The zero-order valence-electron chi connectivity index (χ0n) is 18.1. The second-order valence-electron chi connectivity index (χ2n) is 8.11. The highest BCUT2D eigenvalue weighted by atomic mass is 32.2. The Labute approximate surface area is 193 Å². The number of aryl methyl sites for hydroxylation is 1. The summed E-state index contributed by atoms with van der Waals surface area (Å²) in [5.74, 6) is -0.0739. The molecule has 2 N–H and O–H groups in total. The van der Waals surface area contributed by atoms with Crippen LogP contribution in [-0.2, 0) is 4.79 Å². The predicted molar refractivity (Wildman–Crippen MR) is 126 cm³/mol. The number of urea groups is 1. The van der Waals surface area contributed by atoms with Crippen molar-refractivity contribution in [2.45, 2.75) is 43.1 Å². The molecule has 9 nitrogen and oxygen atoms in total. The third-order valence-electron chi connectivity index (χ3n) is 5.49. The molecule has 0 bridgehead atoms. The number of fused-ring (bicyclic) bond motifs is 3. The molecule has 1 fully saturated rings. The molecule has 0 radical (unpaired) electrons. The molecule has 0 spiro atoms. The average molecular weight is 463 g/mol. The fourth-order valence-electron chi connectivity index (χ4n) is 3.56. The van der Waals surface area contributed by atoms with Crippen molar-refractivity contribution in [3.8, 4) is 5.69 Å². The second-order valence-corrected chi connectivity index (χ2v) is 9.42. The van der Waals surface area contributed by atoms with E-state index in [-0.39, 0.29) is 11.6 Å². The maximum Gasteiger partial charge on any atom is 0.321 e. The molecule has 1 unspecified atom stereocenters. The van der Waals surface area contributed by atoms with Crippen molar-refractivity contribution in [3.05, 3.63) is 64.4 Å². The largest absolute Gasteiger partial charge is 0.335 e. The van der Waals surface area contributed by atoms with Crippen LogP contribution in [0.15, 0.2) is 58.5 Å². The van der Waals surface area contributed by atoms with E-state index in [0.717, 1.165) is 18.4 Å². The third kappa shape index (κ3) is 4.09.